The van der Waals surface area contributed by atoms with Gasteiger partial charge < -0.3 is 5.32 Å². The Labute approximate surface area is 90.9 Å². The number of hydrogen-bond acceptors (Lipinski definition) is 2. The van der Waals surface area contributed by atoms with Gasteiger partial charge in [-0.05, 0) is 6.07 Å². The molecule has 1 aromatic carbocycles. The molecule has 0 unspecified atom stereocenters. The fourth-order valence-electron chi connectivity index (χ4n) is 1.89. The monoisotopic (exact) mass is 206 g/mol. The molecule has 4 heteroatoms. The van der Waals surface area contributed by atoms with Crippen LogP contribution in [0.15, 0.2) is 18.2 Å². The molecule has 0 amide bonds. The molecule has 1 aromatic rings. The maximum absolute atomic E-state index is 13.6. The highest BCUT2D eigenvalue weighted by molar-refractivity contribution is 6.32. The quantitative estimate of drug-likeness (QED) is 0.655. The summed E-state index contributed by atoms with van der Waals surface area (Å²) in [7, 11) is 1.91. The maximum atomic E-state index is 13.6. The average Bonchev–Trinajstić information content (AvgIpc) is 2.24. The van der Waals surface area contributed by atoms with Crippen LogP contribution in [0.25, 0.3) is 0 Å². The summed E-state index contributed by atoms with van der Waals surface area (Å²) in [4.78, 5) is 2.28. The van der Waals surface area contributed by atoms with E-state index in [1.54, 1.807) is 6.07 Å². The topological polar surface area (TPSA) is 15.3 Å². The SMILES string of the molecule is Bc1ccc(CN2CCNCC2)c(F)c1. The molecule has 15 heavy (non-hydrogen) atoms. The van der Waals surface area contributed by atoms with Crippen LogP contribution in [0.1, 0.15) is 5.56 Å². The Hall–Kier alpha value is -0.865. The molecule has 1 fully saturated rings. The lowest BCUT2D eigenvalue weighted by Gasteiger charge is -2.27. The van der Waals surface area contributed by atoms with E-state index in [1.165, 1.54) is 0 Å². The molecule has 1 aliphatic rings. The van der Waals surface area contributed by atoms with Crippen LogP contribution in [0.3, 0.4) is 0 Å². The first kappa shape index (κ1) is 10.6. The lowest BCUT2D eigenvalue weighted by molar-refractivity contribution is 0.230. The molecule has 0 aromatic heterocycles. The first-order valence-electron chi connectivity index (χ1n) is 5.44. The van der Waals surface area contributed by atoms with Crippen LogP contribution in [0.5, 0.6) is 0 Å². The smallest absolute Gasteiger partial charge is 0.139 e. The van der Waals surface area contributed by atoms with Crippen molar-refractivity contribution in [3.05, 3.63) is 29.6 Å². The van der Waals surface area contributed by atoms with Crippen LogP contribution in [0, 0.1) is 5.82 Å². The van der Waals surface area contributed by atoms with Crippen molar-refractivity contribution < 1.29 is 4.39 Å². The molecule has 2 rings (SSSR count). The molecule has 1 saturated heterocycles. The standard InChI is InChI=1S/C11H16BFN2/c12-10-2-1-9(11(13)7-10)8-15-5-3-14-4-6-15/h1-2,7,14H,3-6,8,12H2. The average molecular weight is 206 g/mol. The number of benzene rings is 1. The fourth-order valence-corrected chi connectivity index (χ4v) is 1.89. The minimum atomic E-state index is -0.0754. The van der Waals surface area contributed by atoms with E-state index in [-0.39, 0.29) is 5.82 Å². The van der Waals surface area contributed by atoms with E-state index in [1.807, 2.05) is 20.0 Å². The van der Waals surface area contributed by atoms with Crippen molar-refractivity contribution in [3.63, 3.8) is 0 Å². The maximum Gasteiger partial charge on any atom is 0.139 e. The van der Waals surface area contributed by atoms with Gasteiger partial charge >= 0.3 is 0 Å². The number of halogens is 1. The van der Waals surface area contributed by atoms with Crippen LogP contribution >= 0.6 is 0 Å². The Bertz CT molecular complexity index is 337. The summed E-state index contributed by atoms with van der Waals surface area (Å²) in [5.41, 5.74) is 1.79. The van der Waals surface area contributed by atoms with Gasteiger partial charge in [-0.2, -0.15) is 0 Å². The predicted molar refractivity (Wildman–Crippen MR) is 62.7 cm³/mol. The van der Waals surface area contributed by atoms with Gasteiger partial charge in [0.1, 0.15) is 13.7 Å². The molecule has 2 nitrogen and oxygen atoms in total. The molecular weight excluding hydrogens is 190 g/mol. The van der Waals surface area contributed by atoms with Gasteiger partial charge in [-0.3, -0.25) is 4.90 Å². The summed E-state index contributed by atoms with van der Waals surface area (Å²) >= 11 is 0. The van der Waals surface area contributed by atoms with Crippen molar-refractivity contribution in [2.24, 2.45) is 0 Å². The predicted octanol–water partition coefficient (Wildman–Crippen LogP) is -0.511. The van der Waals surface area contributed by atoms with Crippen LogP contribution in [0.4, 0.5) is 4.39 Å². The second-order valence-corrected chi connectivity index (χ2v) is 4.12. The molecule has 0 aliphatic carbocycles. The van der Waals surface area contributed by atoms with Gasteiger partial charge in [0.25, 0.3) is 0 Å². The Balaban J connectivity index is 2.03. The number of piperazine rings is 1. The van der Waals surface area contributed by atoms with Gasteiger partial charge in [-0.15, -0.1) is 0 Å². The van der Waals surface area contributed by atoms with E-state index < -0.39 is 0 Å². The van der Waals surface area contributed by atoms with Crippen LogP contribution < -0.4 is 10.8 Å². The Kier molecular flexibility index (Phi) is 3.39. The van der Waals surface area contributed by atoms with E-state index in [4.69, 9.17) is 0 Å². The molecular formula is C11H16BFN2. The third-order valence-corrected chi connectivity index (χ3v) is 2.81. The summed E-state index contributed by atoms with van der Waals surface area (Å²) in [6.45, 7) is 4.76. The Morgan fingerprint density at radius 1 is 1.33 bits per heavy atom. The summed E-state index contributed by atoms with van der Waals surface area (Å²) in [6, 6.07) is 5.48. The Morgan fingerprint density at radius 2 is 2.07 bits per heavy atom. The highest BCUT2D eigenvalue weighted by Gasteiger charge is 2.11. The van der Waals surface area contributed by atoms with Crippen molar-refractivity contribution in [1.82, 2.24) is 10.2 Å². The van der Waals surface area contributed by atoms with Gasteiger partial charge in [0.15, 0.2) is 0 Å². The number of rotatable bonds is 2. The summed E-state index contributed by atoms with van der Waals surface area (Å²) < 4.78 is 13.6. The zero-order valence-corrected chi connectivity index (χ0v) is 9.09. The second-order valence-electron chi connectivity index (χ2n) is 4.12. The normalized spacial score (nSPS) is 17.9. The van der Waals surface area contributed by atoms with E-state index in [0.717, 1.165) is 43.8 Å². The third kappa shape index (κ3) is 2.80. The molecule has 1 heterocycles. The minimum Gasteiger partial charge on any atom is -0.314 e. The molecule has 0 radical (unpaired) electrons. The first-order chi connectivity index (χ1) is 7.25. The fraction of sp³-hybridized carbons (Fsp3) is 0.455. The molecule has 80 valence electrons. The van der Waals surface area contributed by atoms with E-state index in [9.17, 15) is 4.39 Å². The van der Waals surface area contributed by atoms with E-state index >= 15 is 0 Å². The zero-order valence-electron chi connectivity index (χ0n) is 9.09. The van der Waals surface area contributed by atoms with Gasteiger partial charge in [0, 0.05) is 38.3 Å². The number of nitrogens with zero attached hydrogens (tertiary/aromatic N) is 1. The van der Waals surface area contributed by atoms with Gasteiger partial charge in [0.05, 0.1) is 0 Å². The van der Waals surface area contributed by atoms with Crippen molar-refractivity contribution in [2.45, 2.75) is 6.54 Å². The molecule has 0 bridgehead atoms. The van der Waals surface area contributed by atoms with Crippen molar-refractivity contribution >= 4 is 13.3 Å². The van der Waals surface area contributed by atoms with E-state index in [0.29, 0.717) is 0 Å². The highest BCUT2D eigenvalue weighted by atomic mass is 19.1. The number of hydrogen-bond donors (Lipinski definition) is 1. The lowest BCUT2D eigenvalue weighted by Crippen LogP contribution is -2.43. The number of nitrogens with one attached hydrogen (secondary N) is 1. The summed E-state index contributed by atoms with van der Waals surface area (Å²) in [6.07, 6.45) is 0. The summed E-state index contributed by atoms with van der Waals surface area (Å²) in [5.74, 6) is -0.0754. The molecule has 0 spiro atoms. The summed E-state index contributed by atoms with van der Waals surface area (Å²) in [5, 5.41) is 3.29. The van der Waals surface area contributed by atoms with Crippen molar-refractivity contribution in [3.8, 4) is 0 Å². The van der Waals surface area contributed by atoms with Crippen molar-refractivity contribution in [1.29, 1.82) is 0 Å². The first-order valence-corrected chi connectivity index (χ1v) is 5.44. The molecule has 1 aliphatic heterocycles. The van der Waals surface area contributed by atoms with E-state index in [2.05, 4.69) is 10.2 Å². The molecule has 0 saturated carbocycles. The molecule has 1 N–H and O–H groups in total. The molecule has 0 atom stereocenters. The minimum absolute atomic E-state index is 0.0754. The third-order valence-electron chi connectivity index (χ3n) is 2.81. The van der Waals surface area contributed by atoms with Crippen LogP contribution in [0.2, 0.25) is 0 Å². The van der Waals surface area contributed by atoms with Gasteiger partial charge in [-0.1, -0.05) is 17.6 Å². The van der Waals surface area contributed by atoms with Gasteiger partial charge in [-0.25, -0.2) is 4.39 Å². The second kappa shape index (κ2) is 4.77. The Morgan fingerprint density at radius 3 is 2.73 bits per heavy atom. The van der Waals surface area contributed by atoms with Crippen molar-refractivity contribution in [2.75, 3.05) is 26.2 Å². The highest BCUT2D eigenvalue weighted by Crippen LogP contribution is 2.09. The lowest BCUT2D eigenvalue weighted by atomic mass is 9.95. The van der Waals surface area contributed by atoms with Crippen LogP contribution in [-0.4, -0.2) is 38.9 Å². The zero-order chi connectivity index (χ0) is 10.7. The largest absolute Gasteiger partial charge is 0.314 e. The van der Waals surface area contributed by atoms with Crippen LogP contribution in [-0.2, 0) is 6.54 Å². The van der Waals surface area contributed by atoms with Gasteiger partial charge in [0.2, 0.25) is 0 Å².